The van der Waals surface area contributed by atoms with Gasteiger partial charge >= 0.3 is 0 Å². The average Bonchev–Trinajstić information content (AvgIpc) is 2.70. The third-order valence-electron chi connectivity index (χ3n) is 2.74. The number of nitrogens with one attached hydrogen (secondary N) is 2. The zero-order chi connectivity index (χ0) is 11.8. The van der Waals surface area contributed by atoms with Gasteiger partial charge in [0.05, 0.1) is 19.3 Å². The van der Waals surface area contributed by atoms with E-state index in [4.69, 9.17) is 4.74 Å². The Labute approximate surface area is 96.6 Å². The largest absolute Gasteiger partial charge is 0.389 e. The number of ether oxygens (including phenoxy) is 1. The van der Waals surface area contributed by atoms with Gasteiger partial charge in [-0.25, -0.2) is 0 Å². The molecule has 0 saturated heterocycles. The molecule has 1 aliphatic carbocycles. The smallest absolute Gasteiger partial charge is 0.234 e. The third-order valence-corrected chi connectivity index (χ3v) is 2.74. The fraction of sp³-hybridized carbons (Fsp3) is 0.909. The van der Waals surface area contributed by atoms with Gasteiger partial charge in [0.2, 0.25) is 5.91 Å². The molecule has 3 N–H and O–H groups in total. The molecule has 0 aromatic rings. The quantitative estimate of drug-likeness (QED) is 0.559. The Hall–Kier alpha value is -0.650. The summed E-state index contributed by atoms with van der Waals surface area (Å²) in [5.74, 6) is 0.0107. The number of amides is 1. The topological polar surface area (TPSA) is 70.6 Å². The molecule has 5 heteroatoms. The Balaban J connectivity index is 2.01. The number of hydrogen-bond acceptors (Lipinski definition) is 4. The minimum atomic E-state index is -0.552. The fourth-order valence-electron chi connectivity index (χ4n) is 1.95. The molecule has 0 aromatic heterocycles. The van der Waals surface area contributed by atoms with E-state index in [1.807, 2.05) is 0 Å². The van der Waals surface area contributed by atoms with Gasteiger partial charge in [0.15, 0.2) is 0 Å². The maximum absolute atomic E-state index is 11.5. The van der Waals surface area contributed by atoms with Crippen molar-refractivity contribution < 1.29 is 14.6 Å². The Morgan fingerprint density at radius 2 is 2.19 bits per heavy atom. The van der Waals surface area contributed by atoms with E-state index < -0.39 is 6.10 Å². The fourth-order valence-corrected chi connectivity index (χ4v) is 1.95. The lowest BCUT2D eigenvalue weighted by molar-refractivity contribution is -0.121. The molecule has 1 rings (SSSR count). The molecule has 1 saturated carbocycles. The third kappa shape index (κ3) is 5.44. The molecule has 94 valence electrons. The molecule has 0 radical (unpaired) electrons. The summed E-state index contributed by atoms with van der Waals surface area (Å²) >= 11 is 0. The highest BCUT2D eigenvalue weighted by molar-refractivity contribution is 5.78. The predicted octanol–water partition coefficient (Wildman–Crippen LogP) is -0.358. The van der Waals surface area contributed by atoms with Crippen LogP contribution in [0.25, 0.3) is 0 Å². The second-order valence-corrected chi connectivity index (χ2v) is 4.29. The van der Waals surface area contributed by atoms with E-state index in [1.54, 1.807) is 0 Å². The van der Waals surface area contributed by atoms with Gasteiger partial charge in [-0.05, 0) is 12.8 Å². The van der Waals surface area contributed by atoms with E-state index in [0.717, 1.165) is 12.8 Å². The van der Waals surface area contributed by atoms with Crippen molar-refractivity contribution in [2.75, 3.05) is 26.8 Å². The zero-order valence-electron chi connectivity index (χ0n) is 9.87. The molecule has 1 unspecified atom stereocenters. The summed E-state index contributed by atoms with van der Waals surface area (Å²) < 4.78 is 4.78. The molecule has 1 atom stereocenters. The van der Waals surface area contributed by atoms with Crippen LogP contribution >= 0.6 is 0 Å². The Morgan fingerprint density at radius 3 is 2.81 bits per heavy atom. The van der Waals surface area contributed by atoms with Crippen molar-refractivity contribution in [1.82, 2.24) is 10.6 Å². The lowest BCUT2D eigenvalue weighted by Crippen LogP contribution is -2.41. The van der Waals surface area contributed by atoms with Crippen molar-refractivity contribution in [2.45, 2.75) is 37.8 Å². The number of methoxy groups -OCH3 is 1. The molecule has 0 aromatic carbocycles. The minimum Gasteiger partial charge on any atom is -0.389 e. The SMILES string of the molecule is COCC(O)CNCC(=O)NC1CCCC1. The Kier molecular flexibility index (Phi) is 6.37. The molecule has 0 heterocycles. The Bertz CT molecular complexity index is 205. The minimum absolute atomic E-state index is 0.0107. The first-order valence-electron chi connectivity index (χ1n) is 5.89. The van der Waals surface area contributed by atoms with Crippen molar-refractivity contribution in [3.05, 3.63) is 0 Å². The van der Waals surface area contributed by atoms with E-state index in [0.29, 0.717) is 12.6 Å². The van der Waals surface area contributed by atoms with Gasteiger partial charge in [0.25, 0.3) is 0 Å². The van der Waals surface area contributed by atoms with Gasteiger partial charge in [0.1, 0.15) is 0 Å². The number of aliphatic hydroxyl groups excluding tert-OH is 1. The van der Waals surface area contributed by atoms with Crippen LogP contribution in [-0.2, 0) is 9.53 Å². The molecule has 0 aliphatic heterocycles. The van der Waals surface area contributed by atoms with Gasteiger partial charge < -0.3 is 20.5 Å². The molecule has 5 nitrogen and oxygen atoms in total. The summed E-state index contributed by atoms with van der Waals surface area (Å²) in [4.78, 5) is 11.5. The van der Waals surface area contributed by atoms with Gasteiger partial charge in [-0.2, -0.15) is 0 Å². The van der Waals surface area contributed by atoms with Crippen molar-refractivity contribution in [3.8, 4) is 0 Å². The lowest BCUT2D eigenvalue weighted by atomic mass is 10.2. The number of aliphatic hydroxyl groups is 1. The van der Waals surface area contributed by atoms with Crippen molar-refractivity contribution in [2.24, 2.45) is 0 Å². The monoisotopic (exact) mass is 230 g/mol. The molecule has 1 aliphatic rings. The molecule has 16 heavy (non-hydrogen) atoms. The van der Waals surface area contributed by atoms with Crippen LogP contribution in [0.1, 0.15) is 25.7 Å². The summed E-state index contributed by atoms with van der Waals surface area (Å²) in [6.07, 6.45) is 4.07. The number of hydrogen-bond donors (Lipinski definition) is 3. The van der Waals surface area contributed by atoms with Crippen LogP contribution in [0.3, 0.4) is 0 Å². The highest BCUT2D eigenvalue weighted by Crippen LogP contribution is 2.17. The zero-order valence-corrected chi connectivity index (χ0v) is 9.87. The summed E-state index contributed by atoms with van der Waals surface area (Å²) in [6.45, 7) is 0.931. The van der Waals surface area contributed by atoms with Gasteiger partial charge in [-0.1, -0.05) is 12.8 Å². The average molecular weight is 230 g/mol. The first-order valence-corrected chi connectivity index (χ1v) is 5.89. The highest BCUT2D eigenvalue weighted by Gasteiger charge is 2.16. The maximum atomic E-state index is 11.5. The standard InChI is InChI=1S/C11H22N2O3/c1-16-8-10(14)6-12-7-11(15)13-9-4-2-3-5-9/h9-10,12,14H,2-8H2,1H3,(H,13,15). The van der Waals surface area contributed by atoms with Gasteiger partial charge in [-0.3, -0.25) is 4.79 Å². The van der Waals surface area contributed by atoms with E-state index in [9.17, 15) is 9.90 Å². The summed E-state index contributed by atoms with van der Waals surface area (Å²) in [5, 5.41) is 15.2. The second-order valence-electron chi connectivity index (χ2n) is 4.29. The second kappa shape index (κ2) is 7.60. The predicted molar refractivity (Wildman–Crippen MR) is 61.2 cm³/mol. The molecule has 1 fully saturated rings. The molecule has 1 amide bonds. The van der Waals surface area contributed by atoms with E-state index in [-0.39, 0.29) is 19.1 Å². The van der Waals surface area contributed by atoms with Crippen LogP contribution < -0.4 is 10.6 Å². The van der Waals surface area contributed by atoms with Crippen LogP contribution in [0.5, 0.6) is 0 Å². The van der Waals surface area contributed by atoms with E-state index >= 15 is 0 Å². The van der Waals surface area contributed by atoms with Crippen LogP contribution in [0.2, 0.25) is 0 Å². The molecular weight excluding hydrogens is 208 g/mol. The normalized spacial score (nSPS) is 18.6. The summed E-state index contributed by atoms with van der Waals surface area (Å²) in [6, 6.07) is 0.359. The van der Waals surface area contributed by atoms with Gasteiger partial charge in [-0.15, -0.1) is 0 Å². The highest BCUT2D eigenvalue weighted by atomic mass is 16.5. The van der Waals surface area contributed by atoms with Crippen LogP contribution in [0.4, 0.5) is 0 Å². The van der Waals surface area contributed by atoms with Crippen molar-refractivity contribution >= 4 is 5.91 Å². The van der Waals surface area contributed by atoms with Crippen molar-refractivity contribution in [1.29, 1.82) is 0 Å². The van der Waals surface area contributed by atoms with Crippen LogP contribution in [-0.4, -0.2) is 50.0 Å². The first-order chi connectivity index (χ1) is 7.72. The molecular formula is C11H22N2O3. The van der Waals surface area contributed by atoms with Crippen molar-refractivity contribution in [3.63, 3.8) is 0 Å². The summed E-state index contributed by atoms with van der Waals surface area (Å²) in [7, 11) is 1.54. The van der Waals surface area contributed by atoms with E-state index in [2.05, 4.69) is 10.6 Å². The van der Waals surface area contributed by atoms with E-state index in [1.165, 1.54) is 20.0 Å². The Morgan fingerprint density at radius 1 is 1.50 bits per heavy atom. The first kappa shape index (κ1) is 13.4. The van der Waals surface area contributed by atoms with Crippen LogP contribution in [0.15, 0.2) is 0 Å². The van der Waals surface area contributed by atoms with Gasteiger partial charge in [0, 0.05) is 19.7 Å². The van der Waals surface area contributed by atoms with Crippen LogP contribution in [0, 0.1) is 0 Å². The number of carbonyl (C=O) groups excluding carboxylic acids is 1. The maximum Gasteiger partial charge on any atom is 0.234 e. The lowest BCUT2D eigenvalue weighted by Gasteiger charge is -2.13. The summed E-state index contributed by atoms with van der Waals surface area (Å²) in [5.41, 5.74) is 0. The molecule has 0 bridgehead atoms. The number of carbonyl (C=O) groups is 1. The molecule has 0 spiro atoms. The number of rotatable bonds is 7.